The molecular weight excluding hydrogens is 310 g/mol. The van der Waals surface area contributed by atoms with Crippen LogP contribution in [0, 0.1) is 5.41 Å². The van der Waals surface area contributed by atoms with Crippen molar-refractivity contribution in [3.8, 4) is 0 Å². The molecule has 0 fully saturated rings. The zero-order valence-corrected chi connectivity index (χ0v) is 12.9. The van der Waals surface area contributed by atoms with Crippen LogP contribution in [0.25, 0.3) is 0 Å². The Labute approximate surface area is 121 Å². The normalized spacial score (nSPS) is 11.2. The van der Waals surface area contributed by atoms with Gasteiger partial charge in [0, 0.05) is 24.5 Å². The number of halogens is 1. The third kappa shape index (κ3) is 4.67. The summed E-state index contributed by atoms with van der Waals surface area (Å²) in [4.78, 5) is 24.5. The van der Waals surface area contributed by atoms with E-state index in [1.165, 1.54) is 0 Å². The van der Waals surface area contributed by atoms with Crippen LogP contribution in [0.4, 0.5) is 0 Å². The van der Waals surface area contributed by atoms with Gasteiger partial charge in [-0.1, -0.05) is 28.1 Å². The maximum absolute atomic E-state index is 12.0. The summed E-state index contributed by atoms with van der Waals surface area (Å²) in [5.41, 5.74) is -0.0300. The van der Waals surface area contributed by atoms with E-state index in [0.717, 1.165) is 10.0 Å². The van der Waals surface area contributed by atoms with Gasteiger partial charge in [-0.05, 0) is 31.5 Å². The van der Waals surface area contributed by atoms with Crippen molar-refractivity contribution in [1.82, 2.24) is 4.90 Å². The van der Waals surface area contributed by atoms with Gasteiger partial charge in [-0.25, -0.2) is 0 Å². The van der Waals surface area contributed by atoms with Crippen molar-refractivity contribution in [2.45, 2.75) is 26.8 Å². The maximum Gasteiger partial charge on any atom is 0.309 e. The van der Waals surface area contributed by atoms with E-state index in [9.17, 15) is 9.59 Å². The fourth-order valence-corrected chi connectivity index (χ4v) is 1.80. The molecule has 0 aliphatic heterocycles. The minimum Gasteiger partial charge on any atom is -0.481 e. The number of hydrogen-bond acceptors (Lipinski definition) is 2. The van der Waals surface area contributed by atoms with Crippen LogP contribution in [0.5, 0.6) is 0 Å². The number of carboxylic acid groups (broad SMARTS) is 1. The summed E-state index contributed by atoms with van der Waals surface area (Å²) < 4.78 is 0.984. The Morgan fingerprint density at radius 3 is 2.26 bits per heavy atom. The third-order valence-corrected chi connectivity index (χ3v) is 3.46. The van der Waals surface area contributed by atoms with E-state index in [4.69, 9.17) is 5.11 Å². The summed E-state index contributed by atoms with van der Waals surface area (Å²) in [5, 5.41) is 9.02. The van der Waals surface area contributed by atoms with Gasteiger partial charge >= 0.3 is 5.97 Å². The third-order valence-electron chi connectivity index (χ3n) is 2.93. The van der Waals surface area contributed by atoms with Crippen LogP contribution < -0.4 is 0 Å². The van der Waals surface area contributed by atoms with Crippen molar-refractivity contribution < 1.29 is 14.7 Å². The molecule has 104 valence electrons. The second kappa shape index (κ2) is 6.19. The van der Waals surface area contributed by atoms with Crippen LogP contribution in [-0.2, 0) is 16.1 Å². The lowest BCUT2D eigenvalue weighted by Gasteiger charge is -2.23. The number of carbonyl (C=O) groups is 2. The zero-order chi connectivity index (χ0) is 14.6. The molecule has 0 atom stereocenters. The first-order valence-electron chi connectivity index (χ1n) is 5.94. The Morgan fingerprint density at radius 1 is 1.26 bits per heavy atom. The number of nitrogens with zero attached hydrogens (tertiary/aromatic N) is 1. The summed E-state index contributed by atoms with van der Waals surface area (Å²) in [6.45, 7) is 3.59. The summed E-state index contributed by atoms with van der Waals surface area (Å²) in [6.07, 6.45) is -0.00460. The molecule has 1 rings (SSSR count). The SMILES string of the molecule is CN(Cc1ccc(Br)cc1)C(=O)CC(C)(C)C(=O)O. The first-order chi connectivity index (χ1) is 8.72. The smallest absolute Gasteiger partial charge is 0.309 e. The Kier molecular flexibility index (Phi) is 5.11. The van der Waals surface area contributed by atoms with Gasteiger partial charge in [0.2, 0.25) is 5.91 Å². The zero-order valence-electron chi connectivity index (χ0n) is 11.3. The molecule has 0 saturated heterocycles. The maximum atomic E-state index is 12.0. The Bertz CT molecular complexity index is 468. The molecule has 0 heterocycles. The highest BCUT2D eigenvalue weighted by Crippen LogP contribution is 2.22. The standard InChI is InChI=1S/C14H18BrNO3/c1-14(2,13(18)19)8-12(17)16(3)9-10-4-6-11(15)7-5-10/h4-7H,8-9H2,1-3H3,(H,18,19). The monoisotopic (exact) mass is 327 g/mol. The number of carboxylic acids is 1. The number of rotatable bonds is 5. The minimum absolute atomic E-state index is 0.00460. The van der Waals surface area contributed by atoms with E-state index >= 15 is 0 Å². The van der Waals surface area contributed by atoms with E-state index in [0.29, 0.717) is 6.54 Å². The van der Waals surface area contributed by atoms with Gasteiger partial charge in [0.25, 0.3) is 0 Å². The van der Waals surface area contributed by atoms with E-state index < -0.39 is 11.4 Å². The highest BCUT2D eigenvalue weighted by Gasteiger charge is 2.31. The summed E-state index contributed by atoms with van der Waals surface area (Å²) in [7, 11) is 1.68. The highest BCUT2D eigenvalue weighted by molar-refractivity contribution is 9.10. The van der Waals surface area contributed by atoms with Crippen molar-refractivity contribution >= 4 is 27.8 Å². The van der Waals surface area contributed by atoms with Crippen LogP contribution >= 0.6 is 15.9 Å². The molecule has 0 aliphatic rings. The number of carbonyl (C=O) groups excluding carboxylic acids is 1. The van der Waals surface area contributed by atoms with Crippen LogP contribution in [0.3, 0.4) is 0 Å². The molecule has 0 saturated carbocycles. The fourth-order valence-electron chi connectivity index (χ4n) is 1.54. The van der Waals surface area contributed by atoms with Crippen molar-refractivity contribution in [3.05, 3.63) is 34.3 Å². The molecule has 0 bridgehead atoms. The molecule has 0 spiro atoms. The highest BCUT2D eigenvalue weighted by atomic mass is 79.9. The predicted molar refractivity (Wildman–Crippen MR) is 76.6 cm³/mol. The Balaban J connectivity index is 2.63. The van der Waals surface area contributed by atoms with Crippen molar-refractivity contribution in [3.63, 3.8) is 0 Å². The van der Waals surface area contributed by atoms with E-state index in [2.05, 4.69) is 15.9 Å². The van der Waals surface area contributed by atoms with Gasteiger partial charge in [-0.3, -0.25) is 9.59 Å². The first kappa shape index (κ1) is 15.7. The predicted octanol–water partition coefficient (Wildman–Crippen LogP) is 2.91. The van der Waals surface area contributed by atoms with Gasteiger partial charge in [0.05, 0.1) is 5.41 Å². The van der Waals surface area contributed by atoms with Gasteiger partial charge in [-0.2, -0.15) is 0 Å². The molecule has 4 nitrogen and oxygen atoms in total. The van der Waals surface area contributed by atoms with Crippen molar-refractivity contribution in [2.24, 2.45) is 5.41 Å². The number of aliphatic carboxylic acids is 1. The Morgan fingerprint density at radius 2 is 1.79 bits per heavy atom. The van der Waals surface area contributed by atoms with E-state index in [-0.39, 0.29) is 12.3 Å². The van der Waals surface area contributed by atoms with Crippen LogP contribution in [0.1, 0.15) is 25.8 Å². The lowest BCUT2D eigenvalue weighted by molar-refractivity contribution is -0.151. The number of amides is 1. The molecule has 0 aliphatic carbocycles. The molecular formula is C14H18BrNO3. The molecule has 0 radical (unpaired) electrons. The molecule has 1 aromatic carbocycles. The van der Waals surface area contributed by atoms with Gasteiger partial charge < -0.3 is 10.0 Å². The van der Waals surface area contributed by atoms with E-state index in [1.54, 1.807) is 25.8 Å². The van der Waals surface area contributed by atoms with Crippen molar-refractivity contribution in [2.75, 3.05) is 7.05 Å². The van der Waals surface area contributed by atoms with Crippen molar-refractivity contribution in [1.29, 1.82) is 0 Å². The number of benzene rings is 1. The van der Waals surface area contributed by atoms with Crippen LogP contribution in [0.2, 0.25) is 0 Å². The Hall–Kier alpha value is -1.36. The average molecular weight is 328 g/mol. The van der Waals surface area contributed by atoms with Crippen LogP contribution in [0.15, 0.2) is 28.7 Å². The second-order valence-electron chi connectivity index (χ2n) is 5.24. The summed E-state index contributed by atoms with van der Waals surface area (Å²) in [6, 6.07) is 7.68. The lowest BCUT2D eigenvalue weighted by Crippen LogP contribution is -2.34. The van der Waals surface area contributed by atoms with Gasteiger partial charge in [0.1, 0.15) is 0 Å². The lowest BCUT2D eigenvalue weighted by atomic mass is 9.89. The van der Waals surface area contributed by atoms with Gasteiger partial charge in [-0.15, -0.1) is 0 Å². The molecule has 5 heteroatoms. The quantitative estimate of drug-likeness (QED) is 0.904. The molecule has 0 aromatic heterocycles. The second-order valence-corrected chi connectivity index (χ2v) is 6.16. The minimum atomic E-state index is -1.04. The average Bonchev–Trinajstić information content (AvgIpc) is 2.31. The molecule has 1 amide bonds. The fraction of sp³-hybridized carbons (Fsp3) is 0.429. The molecule has 1 N–H and O–H groups in total. The first-order valence-corrected chi connectivity index (χ1v) is 6.73. The topological polar surface area (TPSA) is 57.6 Å². The molecule has 0 unspecified atom stereocenters. The van der Waals surface area contributed by atoms with E-state index in [1.807, 2.05) is 24.3 Å². The molecule has 19 heavy (non-hydrogen) atoms. The summed E-state index contributed by atoms with van der Waals surface area (Å²) >= 11 is 3.35. The molecule has 1 aromatic rings. The van der Waals surface area contributed by atoms with Gasteiger partial charge in [0.15, 0.2) is 0 Å². The largest absolute Gasteiger partial charge is 0.481 e. The summed E-state index contributed by atoms with van der Waals surface area (Å²) in [5.74, 6) is -1.13. The van der Waals surface area contributed by atoms with Crippen LogP contribution in [-0.4, -0.2) is 28.9 Å². The number of hydrogen-bond donors (Lipinski definition) is 1.